The number of rotatable bonds is 5. The van der Waals surface area contributed by atoms with Crippen LogP contribution in [0.1, 0.15) is 24.3 Å². The van der Waals surface area contributed by atoms with Crippen LogP contribution in [-0.2, 0) is 0 Å². The molecule has 0 atom stereocenters. The van der Waals surface area contributed by atoms with Crippen LogP contribution in [0.3, 0.4) is 0 Å². The molecular weight excluding hydrogens is 310 g/mol. The molecule has 2 rings (SSSR count). The van der Waals surface area contributed by atoms with E-state index in [0.717, 1.165) is 22.4 Å². The summed E-state index contributed by atoms with van der Waals surface area (Å²) >= 11 is 3.38. The van der Waals surface area contributed by atoms with E-state index >= 15 is 0 Å². The van der Waals surface area contributed by atoms with E-state index in [1.54, 1.807) is 23.1 Å². The van der Waals surface area contributed by atoms with Crippen LogP contribution in [0.2, 0.25) is 0 Å². The summed E-state index contributed by atoms with van der Waals surface area (Å²) < 4.78 is 0. The third-order valence-corrected chi connectivity index (χ3v) is 5.06. The number of anilines is 2. The van der Waals surface area contributed by atoms with Crippen LogP contribution in [0.4, 0.5) is 10.8 Å². The van der Waals surface area contributed by atoms with Gasteiger partial charge in [-0.2, -0.15) is 5.26 Å². The maximum absolute atomic E-state index is 8.95. The van der Waals surface area contributed by atoms with Gasteiger partial charge in [-0.25, -0.2) is 4.98 Å². The van der Waals surface area contributed by atoms with E-state index in [-0.39, 0.29) is 0 Å². The molecule has 5 heteroatoms. The van der Waals surface area contributed by atoms with Crippen molar-refractivity contribution in [2.24, 2.45) is 0 Å². The Morgan fingerprint density at radius 3 is 2.55 bits per heavy atom. The van der Waals surface area contributed by atoms with E-state index in [0.29, 0.717) is 5.56 Å². The van der Waals surface area contributed by atoms with E-state index in [2.05, 4.69) is 37.8 Å². The minimum absolute atomic E-state index is 0.672. The first-order valence-corrected chi connectivity index (χ1v) is 9.01. The van der Waals surface area contributed by atoms with Crippen LogP contribution in [0, 0.1) is 18.3 Å². The summed E-state index contributed by atoms with van der Waals surface area (Å²) in [6.07, 6.45) is 4.24. The fourth-order valence-corrected chi connectivity index (χ4v) is 3.69. The lowest BCUT2D eigenvalue weighted by atomic mass is 10.2. The molecule has 0 amide bonds. The van der Waals surface area contributed by atoms with Crippen LogP contribution >= 0.6 is 23.1 Å². The standard InChI is InChI=1S/C17H19N3S2/c1-12(2)9-10-20(15-7-5-14(11-18)6-8-15)17-19-16(21-4)13(3)22-17/h5-9H,10H2,1-4H3. The van der Waals surface area contributed by atoms with E-state index in [1.165, 1.54) is 10.5 Å². The number of aromatic nitrogens is 1. The van der Waals surface area contributed by atoms with Crippen molar-refractivity contribution in [1.82, 2.24) is 4.98 Å². The quantitative estimate of drug-likeness (QED) is 0.562. The minimum atomic E-state index is 0.672. The largest absolute Gasteiger partial charge is 0.314 e. The van der Waals surface area contributed by atoms with Gasteiger partial charge in [0.25, 0.3) is 0 Å². The Morgan fingerprint density at radius 1 is 1.36 bits per heavy atom. The molecule has 0 N–H and O–H groups in total. The van der Waals surface area contributed by atoms with Gasteiger partial charge in [0.2, 0.25) is 0 Å². The number of thioether (sulfide) groups is 1. The van der Waals surface area contributed by atoms with Crippen LogP contribution in [-0.4, -0.2) is 17.8 Å². The molecule has 114 valence electrons. The molecule has 0 aliphatic rings. The fraction of sp³-hybridized carbons (Fsp3) is 0.294. The van der Waals surface area contributed by atoms with Crippen molar-refractivity contribution >= 4 is 33.9 Å². The van der Waals surface area contributed by atoms with Gasteiger partial charge in [-0.05, 0) is 51.3 Å². The van der Waals surface area contributed by atoms with Crippen LogP contribution in [0.5, 0.6) is 0 Å². The van der Waals surface area contributed by atoms with Crippen molar-refractivity contribution in [3.63, 3.8) is 0 Å². The Kier molecular flexibility index (Phi) is 5.64. The van der Waals surface area contributed by atoms with Gasteiger partial charge < -0.3 is 4.90 Å². The van der Waals surface area contributed by atoms with Gasteiger partial charge in [0.15, 0.2) is 5.13 Å². The normalized spacial score (nSPS) is 10.1. The van der Waals surface area contributed by atoms with Gasteiger partial charge in [0.05, 0.1) is 11.6 Å². The second kappa shape index (κ2) is 7.48. The monoisotopic (exact) mass is 329 g/mol. The molecule has 0 aliphatic carbocycles. The highest BCUT2D eigenvalue weighted by Crippen LogP contribution is 2.34. The SMILES string of the molecule is CSc1nc(N(CC=C(C)C)c2ccc(C#N)cc2)sc1C. The third-order valence-electron chi connectivity index (χ3n) is 3.16. The number of hydrogen-bond acceptors (Lipinski definition) is 5. The lowest BCUT2D eigenvalue weighted by Gasteiger charge is -2.20. The van der Waals surface area contributed by atoms with Crippen molar-refractivity contribution < 1.29 is 0 Å². The second-order valence-electron chi connectivity index (χ2n) is 5.11. The molecule has 0 saturated heterocycles. The maximum atomic E-state index is 8.95. The molecule has 0 radical (unpaired) electrons. The molecule has 1 aromatic heterocycles. The van der Waals surface area contributed by atoms with Gasteiger partial charge in [-0.15, -0.1) is 23.1 Å². The van der Waals surface area contributed by atoms with Crippen molar-refractivity contribution in [2.75, 3.05) is 17.7 Å². The zero-order chi connectivity index (χ0) is 16.1. The number of nitrogens with zero attached hydrogens (tertiary/aromatic N) is 3. The highest BCUT2D eigenvalue weighted by Gasteiger charge is 2.15. The fourth-order valence-electron chi connectivity index (χ4n) is 1.96. The Labute approximate surface area is 140 Å². The molecule has 22 heavy (non-hydrogen) atoms. The zero-order valence-corrected chi connectivity index (χ0v) is 14.9. The number of aryl methyl sites for hydroxylation is 1. The number of hydrogen-bond donors (Lipinski definition) is 0. The predicted octanol–water partition coefficient (Wildman–Crippen LogP) is 5.15. The van der Waals surface area contributed by atoms with Gasteiger partial charge in [0, 0.05) is 17.1 Å². The number of nitriles is 1. The first kappa shape index (κ1) is 16.6. The molecule has 1 aromatic carbocycles. The summed E-state index contributed by atoms with van der Waals surface area (Å²) in [5.41, 5.74) is 3.00. The average Bonchev–Trinajstić information content (AvgIpc) is 2.88. The molecule has 3 nitrogen and oxygen atoms in total. The van der Waals surface area contributed by atoms with Gasteiger partial charge in [-0.3, -0.25) is 0 Å². The van der Waals surface area contributed by atoms with E-state index in [4.69, 9.17) is 10.2 Å². The van der Waals surface area contributed by atoms with Crippen LogP contribution in [0.15, 0.2) is 40.9 Å². The van der Waals surface area contributed by atoms with Gasteiger partial charge >= 0.3 is 0 Å². The summed E-state index contributed by atoms with van der Waals surface area (Å²) in [7, 11) is 0. The first-order chi connectivity index (χ1) is 10.5. The van der Waals surface area contributed by atoms with Crippen LogP contribution < -0.4 is 4.90 Å². The highest BCUT2D eigenvalue weighted by molar-refractivity contribution is 7.98. The molecule has 0 unspecified atom stereocenters. The van der Waals surface area contributed by atoms with Gasteiger partial charge in [0.1, 0.15) is 5.03 Å². The number of benzene rings is 1. The molecule has 1 heterocycles. The van der Waals surface area contributed by atoms with Crippen molar-refractivity contribution in [3.8, 4) is 6.07 Å². The van der Waals surface area contributed by atoms with Crippen molar-refractivity contribution in [3.05, 3.63) is 46.4 Å². The number of allylic oxidation sites excluding steroid dienone is 1. The Hall–Kier alpha value is -1.77. The predicted molar refractivity (Wildman–Crippen MR) is 96.2 cm³/mol. The summed E-state index contributed by atoms with van der Waals surface area (Å²) in [5, 5.41) is 11.0. The average molecular weight is 329 g/mol. The Bertz CT molecular complexity index is 704. The molecular formula is C17H19N3S2. The topological polar surface area (TPSA) is 39.9 Å². The second-order valence-corrected chi connectivity index (χ2v) is 7.09. The molecule has 0 fully saturated rings. The van der Waals surface area contributed by atoms with Crippen LogP contribution in [0.25, 0.3) is 0 Å². The molecule has 0 aliphatic heterocycles. The summed E-state index contributed by atoms with van der Waals surface area (Å²) in [6, 6.07) is 9.81. The van der Waals surface area contributed by atoms with Crippen molar-refractivity contribution in [2.45, 2.75) is 25.8 Å². The lowest BCUT2D eigenvalue weighted by Crippen LogP contribution is -2.16. The lowest BCUT2D eigenvalue weighted by molar-refractivity contribution is 1.03. The maximum Gasteiger partial charge on any atom is 0.191 e. The molecule has 0 spiro atoms. The Balaban J connectivity index is 2.40. The van der Waals surface area contributed by atoms with E-state index in [9.17, 15) is 0 Å². The molecule has 0 saturated carbocycles. The van der Waals surface area contributed by atoms with Gasteiger partial charge in [-0.1, -0.05) is 11.6 Å². The molecule has 2 aromatic rings. The molecule has 0 bridgehead atoms. The Morgan fingerprint density at radius 2 is 2.05 bits per heavy atom. The first-order valence-electron chi connectivity index (χ1n) is 6.97. The van der Waals surface area contributed by atoms with E-state index in [1.807, 2.05) is 30.5 Å². The van der Waals surface area contributed by atoms with E-state index < -0.39 is 0 Å². The van der Waals surface area contributed by atoms with Crippen molar-refractivity contribution in [1.29, 1.82) is 5.26 Å². The highest BCUT2D eigenvalue weighted by atomic mass is 32.2. The minimum Gasteiger partial charge on any atom is -0.314 e. The zero-order valence-electron chi connectivity index (χ0n) is 13.3. The summed E-state index contributed by atoms with van der Waals surface area (Å²) in [5.74, 6) is 0. The summed E-state index contributed by atoms with van der Waals surface area (Å²) in [4.78, 5) is 8.16. The summed E-state index contributed by atoms with van der Waals surface area (Å²) in [6.45, 7) is 7.06. The number of thiazole rings is 1. The third kappa shape index (κ3) is 3.90. The smallest absolute Gasteiger partial charge is 0.191 e.